The molecule has 1 aromatic heterocycles. The van der Waals surface area contributed by atoms with Crippen molar-refractivity contribution in [2.45, 2.75) is 24.5 Å². The van der Waals surface area contributed by atoms with E-state index in [0.717, 1.165) is 7.16 Å². The molecule has 2 saturated heterocycles. The Morgan fingerprint density at radius 1 is 0.967 bits per heavy atom. The van der Waals surface area contributed by atoms with E-state index >= 15 is 0 Å². The molecule has 9 heteroatoms. The van der Waals surface area contributed by atoms with Crippen LogP contribution in [0.1, 0.15) is 6.23 Å². The minimum absolute atomic E-state index is 0.134. The molecule has 0 bridgehead atoms. The van der Waals surface area contributed by atoms with Crippen LogP contribution in [0.15, 0.2) is 77.7 Å². The molecule has 2 fully saturated rings. The number of hydrogen-bond donors (Lipinski definition) is 2. The van der Waals surface area contributed by atoms with E-state index in [4.69, 9.17) is 16.6 Å². The number of anilines is 1. The topological polar surface area (TPSA) is 109 Å². The molecule has 154 valence electrons. The summed E-state index contributed by atoms with van der Waals surface area (Å²) >= 11 is -4.06. The molecule has 0 aliphatic carbocycles. The Labute approximate surface area is 177 Å². The van der Waals surface area contributed by atoms with E-state index in [0.29, 0.717) is 0 Å². The second kappa shape index (κ2) is 7.78. The third kappa shape index (κ3) is 3.15. The van der Waals surface area contributed by atoms with E-state index in [1.54, 1.807) is 0 Å². The Hall–Kier alpha value is -2.24. The van der Waals surface area contributed by atoms with Gasteiger partial charge in [0.25, 0.3) is 0 Å². The quantitative estimate of drug-likeness (QED) is 0.463. The van der Waals surface area contributed by atoms with Crippen LogP contribution in [0.5, 0.6) is 0 Å². The predicted molar refractivity (Wildman–Crippen MR) is 112 cm³/mol. The molecule has 4 atom stereocenters. The van der Waals surface area contributed by atoms with Crippen molar-refractivity contribution in [1.29, 1.82) is 0 Å². The number of nitrogens with two attached hydrogens (primary N) is 1. The van der Waals surface area contributed by atoms with Gasteiger partial charge in [-0.2, -0.15) is 0 Å². The second-order valence-corrected chi connectivity index (χ2v) is 15.5. The monoisotopic (exact) mass is 515 g/mol. The number of ether oxygens (including phenoxy) is 1. The van der Waals surface area contributed by atoms with Crippen molar-refractivity contribution in [2.24, 2.45) is 0 Å². The number of benzene rings is 2. The van der Waals surface area contributed by atoms with E-state index < -0.39 is 49.4 Å². The van der Waals surface area contributed by atoms with Crippen LogP contribution < -0.4 is 18.6 Å². The summed E-state index contributed by atoms with van der Waals surface area (Å²) in [6, 6.07) is 21.4. The summed E-state index contributed by atoms with van der Waals surface area (Å²) < 4.78 is 22.8. The summed E-state index contributed by atoms with van der Waals surface area (Å²) in [7, 11) is 0. The van der Waals surface area contributed by atoms with Gasteiger partial charge in [-0.05, 0) is 0 Å². The Morgan fingerprint density at radius 2 is 1.57 bits per heavy atom. The summed E-state index contributed by atoms with van der Waals surface area (Å²) in [5.74, 6) is 0.134. The van der Waals surface area contributed by atoms with Gasteiger partial charge in [0.05, 0.1) is 0 Å². The average molecular weight is 514 g/mol. The number of nitrogens with zero attached hydrogens (tertiary/aromatic N) is 2. The molecule has 3 aromatic rings. The van der Waals surface area contributed by atoms with Crippen molar-refractivity contribution in [2.75, 3.05) is 12.3 Å². The molecule has 0 radical (unpaired) electrons. The second-order valence-electron chi connectivity index (χ2n) is 7.30. The standard InChI is InChI=1S/C9H11N3O5.2C6H5.Sn/c10-5-1-2-12(9(16)11-5)8-7(15)6(14)4(3-13)17-8;2*1-2-4-6-5-3-1;/h1-2,4,6-8,13H,3H2,(H2,10,11,16);2*1-5H;/q-2;;;+2/t4-,6+,7+,8+;;;/m1.../s1. The summed E-state index contributed by atoms with van der Waals surface area (Å²) in [6.45, 7) is -0.246. The summed E-state index contributed by atoms with van der Waals surface area (Å²) in [4.78, 5) is 16.3. The van der Waals surface area contributed by atoms with E-state index in [1.807, 2.05) is 60.7 Å². The molecule has 3 heterocycles. The third-order valence-corrected chi connectivity index (χ3v) is 15.2. The van der Waals surface area contributed by atoms with Gasteiger partial charge in [-0.15, -0.1) is 0 Å². The first-order chi connectivity index (χ1) is 14.6. The molecule has 2 aromatic carbocycles. The van der Waals surface area contributed by atoms with Crippen LogP contribution in [0.4, 0.5) is 5.82 Å². The molecular weight excluding hydrogens is 493 g/mol. The van der Waals surface area contributed by atoms with Gasteiger partial charge in [0, 0.05) is 0 Å². The maximum absolute atomic E-state index is 12.5. The van der Waals surface area contributed by atoms with Crippen LogP contribution in [-0.4, -0.2) is 58.8 Å². The van der Waals surface area contributed by atoms with Crippen LogP contribution in [0.25, 0.3) is 0 Å². The number of aliphatic hydroxyl groups is 1. The maximum atomic E-state index is 12.5. The summed E-state index contributed by atoms with van der Waals surface area (Å²) in [5, 5.41) is 9.94. The van der Waals surface area contributed by atoms with Crippen LogP contribution in [0, 0.1) is 0 Å². The van der Waals surface area contributed by atoms with E-state index in [2.05, 4.69) is 4.98 Å². The van der Waals surface area contributed by atoms with Crippen molar-refractivity contribution in [3.05, 3.63) is 83.4 Å². The number of fused-ring (bicyclic) bond motifs is 1. The molecule has 0 unspecified atom stereocenters. The minimum atomic E-state index is -4.06. The van der Waals surface area contributed by atoms with Crippen LogP contribution in [0.3, 0.4) is 0 Å². The van der Waals surface area contributed by atoms with Gasteiger partial charge in [0.2, 0.25) is 0 Å². The first-order valence-electron chi connectivity index (χ1n) is 9.70. The van der Waals surface area contributed by atoms with E-state index in [1.165, 1.54) is 16.8 Å². The molecule has 0 spiro atoms. The van der Waals surface area contributed by atoms with Crippen LogP contribution in [-0.2, 0) is 10.9 Å². The van der Waals surface area contributed by atoms with Gasteiger partial charge < -0.3 is 0 Å². The van der Waals surface area contributed by atoms with Gasteiger partial charge in [-0.1, -0.05) is 0 Å². The van der Waals surface area contributed by atoms with Crippen molar-refractivity contribution in [3.63, 3.8) is 0 Å². The fraction of sp³-hybridized carbons (Fsp3) is 0.238. The molecule has 2 aliphatic rings. The molecule has 8 nitrogen and oxygen atoms in total. The first kappa shape index (κ1) is 19.7. The summed E-state index contributed by atoms with van der Waals surface area (Å²) in [6.07, 6.45) is -0.896. The van der Waals surface area contributed by atoms with Crippen LogP contribution in [0.2, 0.25) is 0 Å². The Morgan fingerprint density at radius 3 is 2.13 bits per heavy atom. The molecule has 0 amide bonds. The normalized spacial score (nSPS) is 27.1. The third-order valence-electron chi connectivity index (χ3n) is 5.50. The first-order valence-corrected chi connectivity index (χ1v) is 14.9. The Balaban J connectivity index is 1.61. The average Bonchev–Trinajstić information content (AvgIpc) is 3.32. The fourth-order valence-corrected chi connectivity index (χ4v) is 14.1. The van der Waals surface area contributed by atoms with Gasteiger partial charge in [0.15, 0.2) is 0 Å². The number of rotatable bonds is 4. The van der Waals surface area contributed by atoms with E-state index in [9.17, 15) is 9.90 Å². The van der Waals surface area contributed by atoms with Gasteiger partial charge in [0.1, 0.15) is 0 Å². The fourth-order valence-electron chi connectivity index (χ4n) is 4.13. The van der Waals surface area contributed by atoms with Gasteiger partial charge in [-0.25, -0.2) is 0 Å². The van der Waals surface area contributed by atoms with Crippen molar-refractivity contribution in [3.8, 4) is 0 Å². The molecular formula is C21H21N3O5Sn. The zero-order valence-corrected chi connectivity index (χ0v) is 18.9. The molecule has 5 rings (SSSR count). The Bertz CT molecular complexity index is 1060. The Kier molecular flexibility index (Phi) is 5.11. The zero-order valence-electron chi connectivity index (χ0n) is 16.0. The molecule has 30 heavy (non-hydrogen) atoms. The number of aliphatic hydroxyl groups excluding tert-OH is 1. The van der Waals surface area contributed by atoms with Gasteiger partial charge in [-0.3, -0.25) is 0 Å². The number of hydrogen-bond acceptors (Lipinski definition) is 7. The SMILES string of the molecule is Nc1ccn([C@H]2O[C@H](CO)[C@@H]3[O][Sn]([c]4ccccc4)([c]4ccccc4)[O][C@@H]32)c(=O)n1. The zero-order chi connectivity index (χ0) is 20.7. The van der Waals surface area contributed by atoms with Crippen molar-refractivity contribution in [1.82, 2.24) is 9.55 Å². The number of aromatic nitrogens is 2. The van der Waals surface area contributed by atoms with E-state index in [-0.39, 0.29) is 12.4 Å². The van der Waals surface area contributed by atoms with Crippen LogP contribution >= 0.6 is 0 Å². The van der Waals surface area contributed by atoms with Gasteiger partial charge >= 0.3 is 178 Å². The summed E-state index contributed by atoms with van der Waals surface area (Å²) in [5.41, 5.74) is 5.10. The predicted octanol–water partition coefficient (Wildman–Crippen LogP) is -0.244. The molecule has 3 N–H and O–H groups in total. The molecule has 0 saturated carbocycles. The van der Waals surface area contributed by atoms with Crippen molar-refractivity contribution >= 4 is 32.2 Å². The van der Waals surface area contributed by atoms with Crippen molar-refractivity contribution < 1.29 is 16.0 Å². The number of nitrogen functional groups attached to an aromatic ring is 1. The molecule has 2 aliphatic heterocycles.